The quantitative estimate of drug-likeness (QED) is 0.809. The van der Waals surface area contributed by atoms with E-state index >= 15 is 4.39 Å². The van der Waals surface area contributed by atoms with Crippen LogP contribution in [0.5, 0.6) is 0 Å². The number of hydrogen-bond acceptors (Lipinski definition) is 2. The zero-order chi connectivity index (χ0) is 12.7. The summed E-state index contributed by atoms with van der Waals surface area (Å²) in [4.78, 5) is 0. The minimum atomic E-state index is -1.26. The Hall–Kier alpha value is -0.150. The van der Waals surface area contributed by atoms with Crippen molar-refractivity contribution in [2.75, 3.05) is 13.2 Å². The Morgan fingerprint density at radius 3 is 2.41 bits per heavy atom. The molecular formula is C14H26FNO. The van der Waals surface area contributed by atoms with Gasteiger partial charge in [0.25, 0.3) is 0 Å². The Kier molecular flexibility index (Phi) is 3.28. The molecule has 100 valence electrons. The van der Waals surface area contributed by atoms with Crippen molar-refractivity contribution in [1.29, 1.82) is 0 Å². The van der Waals surface area contributed by atoms with Gasteiger partial charge in [-0.2, -0.15) is 0 Å². The van der Waals surface area contributed by atoms with E-state index < -0.39 is 11.1 Å². The van der Waals surface area contributed by atoms with E-state index in [1.165, 1.54) is 6.42 Å². The van der Waals surface area contributed by atoms with Crippen LogP contribution in [0.25, 0.3) is 0 Å². The molecule has 2 nitrogen and oxygen atoms in total. The van der Waals surface area contributed by atoms with E-state index in [-0.39, 0.29) is 18.1 Å². The van der Waals surface area contributed by atoms with Gasteiger partial charge in [-0.1, -0.05) is 20.8 Å². The molecule has 1 saturated heterocycles. The third-order valence-electron chi connectivity index (χ3n) is 4.95. The zero-order valence-electron chi connectivity index (χ0n) is 11.4. The standard InChI is InChI=1S/C14H26FNO/c1-12(2,3)14(15,10-16)11-5-8-17-13(9-11)6-4-7-13/h11H,4-10,16H2,1-3H3. The Morgan fingerprint density at radius 2 is 2.00 bits per heavy atom. The maximum Gasteiger partial charge on any atom is 0.130 e. The molecule has 0 amide bonds. The molecule has 17 heavy (non-hydrogen) atoms. The highest BCUT2D eigenvalue weighted by atomic mass is 19.1. The largest absolute Gasteiger partial charge is 0.375 e. The first kappa shape index (κ1) is 13.3. The van der Waals surface area contributed by atoms with E-state index in [1.54, 1.807) is 0 Å². The Balaban J connectivity index is 2.14. The molecule has 0 aromatic rings. The molecule has 0 aromatic carbocycles. The SMILES string of the molecule is CC(C)(C)C(F)(CN)C1CCOC2(CCC2)C1. The Labute approximate surface area is 104 Å². The minimum Gasteiger partial charge on any atom is -0.375 e. The van der Waals surface area contributed by atoms with Crippen molar-refractivity contribution >= 4 is 0 Å². The van der Waals surface area contributed by atoms with Crippen molar-refractivity contribution in [1.82, 2.24) is 0 Å². The molecule has 0 bridgehead atoms. The normalized spacial score (nSPS) is 31.9. The number of ether oxygens (including phenoxy) is 1. The summed E-state index contributed by atoms with van der Waals surface area (Å²) in [6.07, 6.45) is 5.11. The first-order valence-corrected chi connectivity index (χ1v) is 6.86. The number of alkyl halides is 1. The lowest BCUT2D eigenvalue weighted by atomic mass is 9.62. The van der Waals surface area contributed by atoms with Gasteiger partial charge in [0.2, 0.25) is 0 Å². The molecule has 1 aliphatic carbocycles. The lowest BCUT2D eigenvalue weighted by molar-refractivity contribution is -0.175. The predicted octanol–water partition coefficient (Wildman–Crippen LogP) is 3.05. The van der Waals surface area contributed by atoms with Gasteiger partial charge in [-0.05, 0) is 43.4 Å². The lowest BCUT2D eigenvalue weighted by Crippen LogP contribution is -2.57. The summed E-state index contributed by atoms with van der Waals surface area (Å²) >= 11 is 0. The van der Waals surface area contributed by atoms with Crippen LogP contribution in [0.15, 0.2) is 0 Å². The van der Waals surface area contributed by atoms with Crippen LogP contribution in [-0.4, -0.2) is 24.4 Å². The molecular weight excluding hydrogens is 217 g/mol. The van der Waals surface area contributed by atoms with E-state index in [0.29, 0.717) is 6.61 Å². The molecule has 1 aliphatic heterocycles. The monoisotopic (exact) mass is 243 g/mol. The van der Waals surface area contributed by atoms with Crippen LogP contribution in [0.1, 0.15) is 52.9 Å². The first-order valence-electron chi connectivity index (χ1n) is 6.86. The van der Waals surface area contributed by atoms with E-state index in [0.717, 1.165) is 25.7 Å². The van der Waals surface area contributed by atoms with Crippen molar-refractivity contribution in [2.45, 2.75) is 64.1 Å². The third-order valence-corrected chi connectivity index (χ3v) is 4.95. The average Bonchev–Trinajstić information content (AvgIpc) is 2.24. The van der Waals surface area contributed by atoms with Gasteiger partial charge in [0.05, 0.1) is 5.60 Å². The fourth-order valence-corrected chi connectivity index (χ4v) is 3.42. The van der Waals surface area contributed by atoms with Crippen molar-refractivity contribution in [2.24, 2.45) is 17.1 Å². The zero-order valence-corrected chi connectivity index (χ0v) is 11.4. The van der Waals surface area contributed by atoms with Gasteiger partial charge in [0.1, 0.15) is 5.67 Å². The Bertz CT molecular complexity index is 282. The lowest BCUT2D eigenvalue weighted by Gasteiger charge is -2.52. The molecule has 2 rings (SSSR count). The molecule has 2 aliphatic rings. The van der Waals surface area contributed by atoms with Crippen LogP contribution in [0.4, 0.5) is 4.39 Å². The fourth-order valence-electron chi connectivity index (χ4n) is 3.42. The van der Waals surface area contributed by atoms with Crippen molar-refractivity contribution in [3.05, 3.63) is 0 Å². The summed E-state index contributed by atoms with van der Waals surface area (Å²) in [6.45, 7) is 6.71. The highest BCUT2D eigenvalue weighted by molar-refractivity contribution is 5.04. The number of halogens is 1. The van der Waals surface area contributed by atoms with Crippen molar-refractivity contribution in [3.63, 3.8) is 0 Å². The summed E-state index contributed by atoms with van der Waals surface area (Å²) in [5.41, 5.74) is 4.10. The topological polar surface area (TPSA) is 35.2 Å². The van der Waals surface area contributed by atoms with Crippen LogP contribution in [0.2, 0.25) is 0 Å². The first-order chi connectivity index (χ1) is 7.83. The average molecular weight is 243 g/mol. The second kappa shape index (κ2) is 4.20. The van der Waals surface area contributed by atoms with Gasteiger partial charge in [0.15, 0.2) is 0 Å². The third kappa shape index (κ3) is 2.12. The van der Waals surface area contributed by atoms with Crippen LogP contribution >= 0.6 is 0 Å². The summed E-state index contributed by atoms with van der Waals surface area (Å²) in [7, 11) is 0. The summed E-state index contributed by atoms with van der Waals surface area (Å²) in [6, 6.07) is 0. The molecule has 2 unspecified atom stereocenters. The summed E-state index contributed by atoms with van der Waals surface area (Å²) in [5, 5.41) is 0. The van der Waals surface area contributed by atoms with Gasteiger partial charge in [-0.15, -0.1) is 0 Å². The number of hydrogen-bond donors (Lipinski definition) is 1. The maximum absolute atomic E-state index is 15.2. The molecule has 0 aromatic heterocycles. The number of nitrogens with two attached hydrogens (primary N) is 1. The van der Waals surface area contributed by atoms with Gasteiger partial charge < -0.3 is 10.5 Å². The van der Waals surface area contributed by atoms with E-state index in [4.69, 9.17) is 10.5 Å². The van der Waals surface area contributed by atoms with Gasteiger partial charge in [-0.25, -0.2) is 4.39 Å². The van der Waals surface area contributed by atoms with E-state index in [9.17, 15) is 0 Å². The molecule has 2 N–H and O–H groups in total. The fraction of sp³-hybridized carbons (Fsp3) is 1.00. The van der Waals surface area contributed by atoms with E-state index in [2.05, 4.69) is 0 Å². The molecule has 1 spiro atoms. The predicted molar refractivity (Wildman–Crippen MR) is 67.6 cm³/mol. The molecule has 2 atom stereocenters. The van der Waals surface area contributed by atoms with Gasteiger partial charge in [-0.3, -0.25) is 0 Å². The van der Waals surface area contributed by atoms with Gasteiger partial charge in [0, 0.05) is 13.2 Å². The maximum atomic E-state index is 15.2. The minimum absolute atomic E-state index is 0.000671. The summed E-state index contributed by atoms with van der Waals surface area (Å²) < 4.78 is 21.1. The van der Waals surface area contributed by atoms with Crippen LogP contribution in [0.3, 0.4) is 0 Å². The van der Waals surface area contributed by atoms with Crippen LogP contribution in [-0.2, 0) is 4.74 Å². The molecule has 1 saturated carbocycles. The second-order valence-electron chi connectivity index (χ2n) is 6.89. The van der Waals surface area contributed by atoms with Gasteiger partial charge >= 0.3 is 0 Å². The summed E-state index contributed by atoms with van der Waals surface area (Å²) in [5.74, 6) is 0.0570. The van der Waals surface area contributed by atoms with Crippen molar-refractivity contribution < 1.29 is 9.13 Å². The Morgan fingerprint density at radius 1 is 1.35 bits per heavy atom. The highest BCUT2D eigenvalue weighted by Gasteiger charge is 2.53. The highest BCUT2D eigenvalue weighted by Crippen LogP contribution is 2.51. The molecule has 2 fully saturated rings. The van der Waals surface area contributed by atoms with Crippen LogP contribution in [0, 0.1) is 11.3 Å². The smallest absolute Gasteiger partial charge is 0.130 e. The number of rotatable bonds is 2. The van der Waals surface area contributed by atoms with Crippen LogP contribution < -0.4 is 5.73 Å². The van der Waals surface area contributed by atoms with E-state index in [1.807, 2.05) is 20.8 Å². The molecule has 0 radical (unpaired) electrons. The molecule has 1 heterocycles. The molecule has 3 heteroatoms. The second-order valence-corrected chi connectivity index (χ2v) is 6.89. The van der Waals surface area contributed by atoms with Crippen molar-refractivity contribution in [3.8, 4) is 0 Å².